The molecule has 3 fully saturated rings. The fraction of sp³-hybridized carbons (Fsp3) is 0.514. The van der Waals surface area contributed by atoms with E-state index in [9.17, 15) is 26.7 Å². The van der Waals surface area contributed by atoms with Crippen LogP contribution in [0.4, 0.5) is 32.2 Å². The van der Waals surface area contributed by atoms with E-state index in [0.29, 0.717) is 36.8 Å². The fourth-order valence-corrected chi connectivity index (χ4v) is 7.24. The van der Waals surface area contributed by atoms with Crippen LogP contribution in [0.5, 0.6) is 6.01 Å². The first-order chi connectivity index (χ1) is 25.2. The third-order valence-electron chi connectivity index (χ3n) is 9.10. The molecule has 6 rings (SSSR count). The van der Waals surface area contributed by atoms with Crippen molar-refractivity contribution in [3.05, 3.63) is 52.1 Å². The number of benzene rings is 2. The van der Waals surface area contributed by atoms with Gasteiger partial charge in [-0.3, -0.25) is 9.69 Å². The maximum Gasteiger partial charge on any atom is 0.417 e. The number of ether oxygens (including phenoxy) is 1. The van der Waals surface area contributed by atoms with E-state index < -0.39 is 40.6 Å². The first kappa shape index (κ1) is 41.5. The molecule has 1 unspecified atom stereocenters. The van der Waals surface area contributed by atoms with Crippen molar-refractivity contribution in [3.8, 4) is 23.2 Å². The summed E-state index contributed by atoms with van der Waals surface area (Å²) >= 11 is 0.650. The summed E-state index contributed by atoms with van der Waals surface area (Å²) in [6.07, 6.45) is 1.99. The number of nitriles is 1. The second-order valence-electron chi connectivity index (χ2n) is 12.9. The predicted molar refractivity (Wildman–Crippen MR) is 194 cm³/mol. The zero-order valence-electron chi connectivity index (χ0n) is 30.3. The van der Waals surface area contributed by atoms with Gasteiger partial charge in [0.25, 0.3) is 0 Å². The van der Waals surface area contributed by atoms with E-state index in [-0.39, 0.29) is 38.3 Å². The molecule has 1 amide bonds. The first-order valence-corrected chi connectivity index (χ1v) is 18.4. The Kier molecular flexibility index (Phi) is 14.6. The van der Waals surface area contributed by atoms with Crippen molar-refractivity contribution < 1.29 is 35.9 Å². The Morgan fingerprint density at radius 1 is 1.13 bits per heavy atom. The molecule has 9 nitrogen and oxygen atoms in total. The van der Waals surface area contributed by atoms with Crippen LogP contribution < -0.4 is 15.8 Å². The number of likely N-dealkylation sites (tertiary alicyclic amines) is 1. The van der Waals surface area contributed by atoms with Gasteiger partial charge >= 0.3 is 12.2 Å². The normalized spacial score (nSPS) is 18.7. The van der Waals surface area contributed by atoms with Gasteiger partial charge in [0.15, 0.2) is 5.82 Å². The number of rotatable bonds is 8. The molecule has 0 radical (unpaired) electrons. The minimum atomic E-state index is -4.95. The topological polar surface area (TPSA) is 120 Å². The van der Waals surface area contributed by atoms with Crippen molar-refractivity contribution in [2.24, 2.45) is 5.73 Å². The average Bonchev–Trinajstić information content (AvgIpc) is 3.89. The third kappa shape index (κ3) is 10.5. The summed E-state index contributed by atoms with van der Waals surface area (Å²) in [5.41, 5.74) is 3.11. The van der Waals surface area contributed by atoms with Crippen molar-refractivity contribution in [3.63, 3.8) is 0 Å². The Morgan fingerprint density at radius 2 is 1.85 bits per heavy atom. The lowest BCUT2D eigenvalue weighted by molar-refractivity contribution is -0.137. The standard InChI is InChI=1S/C22H18F5N5OS.C8H15NO.C7H12FN/c1-4-30-20-12-8-13(22(25,26)27)16(17(24)18(12)31-21(32-20)33-3)11-5-6-14(23)15(7-11)34-19(29)10(2)9-28;1-2-5-8(10)9-6-3-4-7-9;8-6-4-7-2-1-3-9(7)5-6/h5-8H,4,29H2,1-3H3,(H,30,31,32);2-7H2,1H3;6-7H,1-5H2/b19-10+;;/t;;6-,7?/m..1/s1. The summed E-state index contributed by atoms with van der Waals surface area (Å²) < 4.78 is 89.8. The monoisotopic (exact) mass is 765 g/mol. The maximum atomic E-state index is 15.7. The van der Waals surface area contributed by atoms with E-state index in [1.165, 1.54) is 39.7 Å². The molecule has 3 aliphatic rings. The number of anilines is 1. The molecule has 3 saturated heterocycles. The first-order valence-electron chi connectivity index (χ1n) is 17.6. The van der Waals surface area contributed by atoms with E-state index >= 15 is 4.39 Å². The van der Waals surface area contributed by atoms with Crippen molar-refractivity contribution in [1.29, 1.82) is 5.26 Å². The molecule has 2 atom stereocenters. The van der Waals surface area contributed by atoms with Gasteiger partial charge < -0.3 is 20.7 Å². The van der Waals surface area contributed by atoms with Gasteiger partial charge in [-0.05, 0) is 82.7 Å². The number of halogens is 6. The summed E-state index contributed by atoms with van der Waals surface area (Å²) in [6.45, 7) is 9.31. The smallest absolute Gasteiger partial charge is 0.417 e. The number of hydrogen-bond donors (Lipinski definition) is 2. The van der Waals surface area contributed by atoms with Crippen LogP contribution in [-0.4, -0.2) is 77.7 Å². The summed E-state index contributed by atoms with van der Waals surface area (Å²) in [6, 6.07) is 5.89. The summed E-state index contributed by atoms with van der Waals surface area (Å²) in [7, 11) is 1.24. The summed E-state index contributed by atoms with van der Waals surface area (Å²) in [5.74, 6) is -1.75. The fourth-order valence-electron chi connectivity index (χ4n) is 6.46. The molecule has 2 aromatic carbocycles. The Morgan fingerprint density at radius 3 is 2.45 bits per heavy atom. The lowest BCUT2D eigenvalue weighted by atomic mass is 9.96. The number of carbonyl (C=O) groups is 1. The highest BCUT2D eigenvalue weighted by molar-refractivity contribution is 8.03. The molecular formula is C37H45F6N7O2S. The zero-order chi connectivity index (χ0) is 38.9. The Labute approximate surface area is 310 Å². The molecular weight excluding hydrogens is 721 g/mol. The van der Waals surface area contributed by atoms with Crippen molar-refractivity contribution in [2.45, 2.75) is 89.0 Å². The van der Waals surface area contributed by atoms with Crippen LogP contribution in [0.1, 0.15) is 71.3 Å². The molecule has 16 heteroatoms. The van der Waals surface area contributed by atoms with Gasteiger partial charge in [-0.1, -0.05) is 24.8 Å². The van der Waals surface area contributed by atoms with Gasteiger partial charge in [0.05, 0.1) is 34.2 Å². The van der Waals surface area contributed by atoms with Gasteiger partial charge in [0.2, 0.25) is 5.91 Å². The van der Waals surface area contributed by atoms with Crippen LogP contribution in [0.15, 0.2) is 39.8 Å². The molecule has 1 aromatic heterocycles. The van der Waals surface area contributed by atoms with E-state index in [2.05, 4.69) is 20.2 Å². The predicted octanol–water partition coefficient (Wildman–Crippen LogP) is 8.44. The molecule has 4 heterocycles. The number of nitrogens with one attached hydrogen (secondary N) is 1. The molecule has 0 aliphatic carbocycles. The maximum absolute atomic E-state index is 15.7. The largest absolute Gasteiger partial charge is 0.467 e. The molecule has 0 bridgehead atoms. The van der Waals surface area contributed by atoms with Crippen LogP contribution in [0, 0.1) is 23.0 Å². The highest BCUT2D eigenvalue weighted by atomic mass is 32.2. The van der Waals surface area contributed by atoms with E-state index in [0.717, 1.165) is 63.2 Å². The number of hydrogen-bond acceptors (Lipinski definition) is 9. The molecule has 0 spiro atoms. The van der Waals surface area contributed by atoms with E-state index in [1.54, 1.807) is 13.0 Å². The molecule has 53 heavy (non-hydrogen) atoms. The van der Waals surface area contributed by atoms with Crippen LogP contribution >= 0.6 is 11.8 Å². The van der Waals surface area contributed by atoms with E-state index in [4.69, 9.17) is 15.7 Å². The lowest BCUT2D eigenvalue weighted by Crippen LogP contribution is -2.26. The van der Waals surface area contributed by atoms with Gasteiger partial charge in [-0.15, -0.1) is 0 Å². The second kappa shape index (κ2) is 18.7. The quantitative estimate of drug-likeness (QED) is 0.132. The van der Waals surface area contributed by atoms with Crippen LogP contribution in [0.3, 0.4) is 0 Å². The van der Waals surface area contributed by atoms with Gasteiger partial charge in [-0.25, -0.2) is 13.2 Å². The van der Waals surface area contributed by atoms with Crippen LogP contribution in [0.25, 0.3) is 22.0 Å². The van der Waals surface area contributed by atoms with E-state index in [1.807, 2.05) is 11.8 Å². The minimum absolute atomic E-state index is 0.0273. The molecule has 3 aromatic rings. The van der Waals surface area contributed by atoms with Gasteiger partial charge in [-0.2, -0.15) is 28.4 Å². The van der Waals surface area contributed by atoms with Crippen LogP contribution in [0.2, 0.25) is 0 Å². The number of methoxy groups -OCH3 is 1. The molecule has 288 valence electrons. The number of fused-ring (bicyclic) bond motifs is 2. The van der Waals surface area contributed by atoms with Crippen LogP contribution in [-0.2, 0) is 11.0 Å². The second-order valence-corrected chi connectivity index (χ2v) is 14.0. The van der Waals surface area contributed by atoms with Crippen molar-refractivity contribution in [2.75, 3.05) is 45.2 Å². The van der Waals surface area contributed by atoms with Crippen molar-refractivity contribution >= 4 is 34.4 Å². The number of amides is 1. The lowest BCUT2D eigenvalue weighted by Gasteiger charge is -2.18. The van der Waals surface area contributed by atoms with Gasteiger partial charge in [0.1, 0.15) is 23.3 Å². The number of thioether (sulfide) groups is 1. The summed E-state index contributed by atoms with van der Waals surface area (Å²) in [5, 5.41) is 11.5. The number of nitrogens with two attached hydrogens (primary N) is 1. The highest BCUT2D eigenvalue weighted by Crippen LogP contribution is 2.44. The number of carbonyl (C=O) groups excluding carboxylic acids is 1. The molecule has 0 saturated carbocycles. The molecule has 3 N–H and O–H groups in total. The average molecular weight is 766 g/mol. The van der Waals surface area contributed by atoms with Gasteiger partial charge in [0, 0.05) is 49.6 Å². The zero-order valence-corrected chi connectivity index (χ0v) is 31.1. The Hall–Kier alpha value is -4.23. The SMILES string of the molecule is CCCC(=O)N1CCCC1.CCNc1nc(OC)nc2c(F)c(-c3ccc(F)c(S/C(N)=C(\C)C#N)c3)c(C(F)(F)F)cc12.F[C@@H]1CC2CCCN2C1. The number of allylic oxidation sites excluding steroid dienone is 1. The number of alkyl halides is 4. The van der Waals surface area contributed by atoms with Crippen molar-refractivity contribution in [1.82, 2.24) is 19.8 Å². The summed E-state index contributed by atoms with van der Waals surface area (Å²) in [4.78, 5) is 23.1. The number of aromatic nitrogens is 2. The highest BCUT2D eigenvalue weighted by Gasteiger charge is 2.37. The Bertz CT molecular complexity index is 1820. The number of nitrogens with zero attached hydrogens (tertiary/aromatic N) is 5. The minimum Gasteiger partial charge on any atom is -0.467 e. The third-order valence-corrected chi connectivity index (χ3v) is 10.2. The Balaban J connectivity index is 0.000000264. The molecule has 3 aliphatic heterocycles.